The molecule has 0 bridgehead atoms. The number of hydrogen-bond acceptors (Lipinski definition) is 6. The molecule has 1 aliphatic rings. The van der Waals surface area contributed by atoms with Gasteiger partial charge in [0.15, 0.2) is 18.2 Å². The van der Waals surface area contributed by atoms with Gasteiger partial charge in [-0.25, -0.2) is 0 Å². The molecular weight excluding hydrogens is 308 g/mol. The van der Waals surface area contributed by atoms with E-state index in [-0.39, 0.29) is 18.3 Å². The Labute approximate surface area is 138 Å². The van der Waals surface area contributed by atoms with E-state index in [9.17, 15) is 4.79 Å². The van der Waals surface area contributed by atoms with E-state index in [2.05, 4.69) is 17.1 Å². The van der Waals surface area contributed by atoms with Gasteiger partial charge in [0.25, 0.3) is 5.89 Å². The largest absolute Gasteiger partial charge is 0.483 e. The van der Waals surface area contributed by atoms with Gasteiger partial charge in [0.1, 0.15) is 5.75 Å². The van der Waals surface area contributed by atoms with Crippen LogP contribution in [-0.2, 0) is 6.61 Å². The van der Waals surface area contributed by atoms with Crippen molar-refractivity contribution in [3.05, 3.63) is 53.1 Å². The standard InChI is InChI=1S/C18H16N2O4/c1-10-5-6-13(17-12(21)8-11(2)16(10)17)23-9-15-19-18(20-24-15)14-4-3-7-22-14/h3-7,11H,8-9H2,1-2H3. The normalized spacial score (nSPS) is 16.4. The van der Waals surface area contributed by atoms with Crippen molar-refractivity contribution in [2.24, 2.45) is 0 Å². The second-order valence-electron chi connectivity index (χ2n) is 5.98. The van der Waals surface area contributed by atoms with Gasteiger partial charge in [0, 0.05) is 6.42 Å². The highest BCUT2D eigenvalue weighted by Crippen LogP contribution is 2.40. The van der Waals surface area contributed by atoms with Crippen LogP contribution in [-0.4, -0.2) is 15.9 Å². The second-order valence-corrected chi connectivity index (χ2v) is 5.98. The van der Waals surface area contributed by atoms with Crippen LogP contribution in [0, 0.1) is 6.92 Å². The molecule has 0 fully saturated rings. The first-order chi connectivity index (χ1) is 11.6. The number of fused-ring (bicyclic) bond motifs is 1. The third-order valence-corrected chi connectivity index (χ3v) is 4.25. The SMILES string of the molecule is Cc1ccc(OCc2nc(-c3ccco3)no2)c2c1C(C)CC2=O. The van der Waals surface area contributed by atoms with E-state index in [1.165, 1.54) is 0 Å². The molecule has 4 rings (SSSR count). The number of nitrogens with zero attached hydrogens (tertiary/aromatic N) is 2. The van der Waals surface area contributed by atoms with Crippen LogP contribution in [0.1, 0.15) is 46.6 Å². The summed E-state index contributed by atoms with van der Waals surface area (Å²) in [5, 5.41) is 3.86. The van der Waals surface area contributed by atoms with Crippen molar-refractivity contribution in [3.63, 3.8) is 0 Å². The number of ketones is 1. The van der Waals surface area contributed by atoms with Gasteiger partial charge in [0.2, 0.25) is 5.82 Å². The van der Waals surface area contributed by atoms with Crippen LogP contribution in [0.3, 0.4) is 0 Å². The first kappa shape index (κ1) is 14.7. The van der Waals surface area contributed by atoms with Gasteiger partial charge < -0.3 is 13.7 Å². The lowest BCUT2D eigenvalue weighted by molar-refractivity contribution is 0.0985. The first-order valence-corrected chi connectivity index (χ1v) is 7.79. The Morgan fingerprint density at radius 3 is 3.00 bits per heavy atom. The molecule has 1 aliphatic carbocycles. The van der Waals surface area contributed by atoms with Crippen molar-refractivity contribution in [1.82, 2.24) is 10.1 Å². The third kappa shape index (κ3) is 2.40. The molecule has 0 aliphatic heterocycles. The Balaban J connectivity index is 1.56. The molecule has 6 heteroatoms. The molecule has 1 aromatic carbocycles. The van der Waals surface area contributed by atoms with Crippen LogP contribution in [0.5, 0.6) is 5.75 Å². The van der Waals surface area contributed by atoms with Crippen molar-refractivity contribution in [2.75, 3.05) is 0 Å². The molecule has 24 heavy (non-hydrogen) atoms. The maximum absolute atomic E-state index is 12.3. The summed E-state index contributed by atoms with van der Waals surface area (Å²) in [6.07, 6.45) is 2.07. The lowest BCUT2D eigenvalue weighted by Crippen LogP contribution is -2.02. The predicted molar refractivity (Wildman–Crippen MR) is 84.9 cm³/mol. The lowest BCUT2D eigenvalue weighted by atomic mass is 9.97. The zero-order valence-corrected chi connectivity index (χ0v) is 13.4. The average molecular weight is 324 g/mol. The highest BCUT2D eigenvalue weighted by atomic mass is 16.5. The van der Waals surface area contributed by atoms with E-state index in [0.717, 1.165) is 11.1 Å². The van der Waals surface area contributed by atoms with Crippen LogP contribution in [0.4, 0.5) is 0 Å². The number of aryl methyl sites for hydroxylation is 1. The topological polar surface area (TPSA) is 78.4 Å². The molecule has 3 aromatic rings. The number of hydrogen-bond donors (Lipinski definition) is 0. The van der Waals surface area contributed by atoms with Crippen molar-refractivity contribution < 1.29 is 18.5 Å². The van der Waals surface area contributed by atoms with Gasteiger partial charge in [-0.05, 0) is 42.2 Å². The van der Waals surface area contributed by atoms with Crippen molar-refractivity contribution in [1.29, 1.82) is 0 Å². The highest BCUT2D eigenvalue weighted by molar-refractivity contribution is 6.04. The number of furan rings is 1. The van der Waals surface area contributed by atoms with Crippen molar-refractivity contribution in [3.8, 4) is 17.3 Å². The molecule has 0 radical (unpaired) electrons. The molecule has 122 valence electrons. The minimum Gasteiger partial charge on any atom is -0.483 e. The van der Waals surface area contributed by atoms with Crippen LogP contribution >= 0.6 is 0 Å². The monoisotopic (exact) mass is 324 g/mol. The molecule has 0 spiro atoms. The first-order valence-electron chi connectivity index (χ1n) is 7.79. The van der Waals surface area contributed by atoms with Crippen LogP contribution in [0.15, 0.2) is 39.5 Å². The van der Waals surface area contributed by atoms with Gasteiger partial charge in [-0.3, -0.25) is 4.79 Å². The molecule has 6 nitrogen and oxygen atoms in total. The highest BCUT2D eigenvalue weighted by Gasteiger charge is 2.31. The number of aromatic nitrogens is 2. The Bertz CT molecular complexity index is 896. The summed E-state index contributed by atoms with van der Waals surface area (Å²) in [6, 6.07) is 7.31. The quantitative estimate of drug-likeness (QED) is 0.724. The van der Waals surface area contributed by atoms with Crippen LogP contribution in [0.25, 0.3) is 11.6 Å². The third-order valence-electron chi connectivity index (χ3n) is 4.25. The maximum atomic E-state index is 12.3. The summed E-state index contributed by atoms with van der Waals surface area (Å²) < 4.78 is 16.2. The van der Waals surface area contributed by atoms with Gasteiger partial charge in [-0.2, -0.15) is 4.98 Å². The van der Waals surface area contributed by atoms with Crippen molar-refractivity contribution >= 4 is 5.78 Å². The van der Waals surface area contributed by atoms with E-state index in [1.807, 2.05) is 19.1 Å². The zero-order valence-electron chi connectivity index (χ0n) is 13.4. The minimum atomic E-state index is 0.102. The molecule has 0 saturated carbocycles. The Morgan fingerprint density at radius 1 is 1.33 bits per heavy atom. The van der Waals surface area contributed by atoms with E-state index >= 15 is 0 Å². The molecule has 2 heterocycles. The number of benzene rings is 1. The maximum Gasteiger partial charge on any atom is 0.264 e. The Hall–Kier alpha value is -2.89. The minimum absolute atomic E-state index is 0.102. The molecular formula is C18H16N2O4. The Kier molecular flexibility index (Phi) is 3.45. The zero-order chi connectivity index (χ0) is 16.7. The molecule has 0 saturated heterocycles. The van der Waals surface area contributed by atoms with Crippen molar-refractivity contribution in [2.45, 2.75) is 32.8 Å². The fraction of sp³-hybridized carbons (Fsp3) is 0.278. The van der Waals surface area contributed by atoms with E-state index in [4.69, 9.17) is 13.7 Å². The number of ether oxygens (including phenoxy) is 1. The number of carbonyl (C=O) groups is 1. The van der Waals surface area contributed by atoms with Crippen LogP contribution < -0.4 is 4.74 Å². The van der Waals surface area contributed by atoms with Gasteiger partial charge >= 0.3 is 0 Å². The molecule has 0 N–H and O–H groups in total. The second kappa shape index (κ2) is 5.63. The molecule has 2 aromatic heterocycles. The van der Waals surface area contributed by atoms with Gasteiger partial charge in [-0.1, -0.05) is 18.1 Å². The van der Waals surface area contributed by atoms with E-state index in [0.29, 0.717) is 35.2 Å². The number of rotatable bonds is 4. The Morgan fingerprint density at radius 2 is 2.21 bits per heavy atom. The summed E-state index contributed by atoms with van der Waals surface area (Å²) >= 11 is 0. The summed E-state index contributed by atoms with van der Waals surface area (Å²) in [5.74, 6) is 2.16. The molecule has 0 amide bonds. The smallest absolute Gasteiger partial charge is 0.264 e. The lowest BCUT2D eigenvalue weighted by Gasteiger charge is -2.12. The summed E-state index contributed by atoms with van der Waals surface area (Å²) in [5.41, 5.74) is 2.89. The summed E-state index contributed by atoms with van der Waals surface area (Å²) in [7, 11) is 0. The van der Waals surface area contributed by atoms with Gasteiger partial charge in [-0.15, -0.1) is 0 Å². The number of Topliss-reactive ketones (excluding diaryl/α,β-unsaturated/α-hetero) is 1. The summed E-state index contributed by atoms with van der Waals surface area (Å²) in [4.78, 5) is 16.5. The predicted octanol–water partition coefficient (Wildman–Crippen LogP) is 3.91. The number of carbonyl (C=O) groups excluding carboxylic acids is 1. The molecule has 1 unspecified atom stereocenters. The van der Waals surface area contributed by atoms with Crippen LogP contribution in [0.2, 0.25) is 0 Å². The fourth-order valence-corrected chi connectivity index (χ4v) is 3.19. The fourth-order valence-electron chi connectivity index (χ4n) is 3.19. The average Bonchev–Trinajstić information content (AvgIpc) is 3.28. The van der Waals surface area contributed by atoms with Gasteiger partial charge in [0.05, 0.1) is 11.8 Å². The summed E-state index contributed by atoms with van der Waals surface area (Å²) in [6.45, 7) is 4.18. The molecule has 1 atom stereocenters. The van der Waals surface area contributed by atoms with E-state index < -0.39 is 0 Å². The van der Waals surface area contributed by atoms with E-state index in [1.54, 1.807) is 18.4 Å².